The second-order valence-electron chi connectivity index (χ2n) is 4.28. The normalized spacial score (nSPS) is 12.1. The summed E-state index contributed by atoms with van der Waals surface area (Å²) in [5, 5.41) is 3.12. The molecule has 0 saturated carbocycles. The van der Waals surface area contributed by atoms with Crippen LogP contribution in [0.5, 0.6) is 0 Å². The average Bonchev–Trinajstić information content (AvgIpc) is 2.34. The first-order chi connectivity index (χ1) is 8.24. The van der Waals surface area contributed by atoms with E-state index in [-0.39, 0.29) is 0 Å². The van der Waals surface area contributed by atoms with Crippen molar-refractivity contribution in [3.05, 3.63) is 0 Å². The molecule has 0 aromatic heterocycles. The van der Waals surface area contributed by atoms with E-state index in [2.05, 4.69) is 36.0 Å². The number of guanidine groups is 1. The zero-order chi connectivity index (χ0) is 12.9. The number of nitrogens with one attached hydrogen (secondary N) is 1. The van der Waals surface area contributed by atoms with Crippen molar-refractivity contribution in [2.24, 2.45) is 10.7 Å². The van der Waals surface area contributed by atoms with Gasteiger partial charge in [0.15, 0.2) is 5.96 Å². The van der Waals surface area contributed by atoms with Crippen molar-refractivity contribution in [1.82, 2.24) is 10.2 Å². The number of hydrogen-bond donors (Lipinski definition) is 2. The highest BCUT2D eigenvalue weighted by molar-refractivity contribution is 5.77. The van der Waals surface area contributed by atoms with E-state index in [1.54, 1.807) is 0 Å². The molecule has 3 N–H and O–H groups in total. The Balaban J connectivity index is 3.44. The van der Waals surface area contributed by atoms with Gasteiger partial charge < -0.3 is 16.0 Å². The van der Waals surface area contributed by atoms with E-state index in [0.29, 0.717) is 5.96 Å². The molecule has 0 fully saturated rings. The molecule has 0 atom stereocenters. The average molecular weight is 242 g/mol. The van der Waals surface area contributed by atoms with Crippen LogP contribution in [0.4, 0.5) is 0 Å². The van der Waals surface area contributed by atoms with Crippen LogP contribution in [-0.4, -0.2) is 43.6 Å². The number of rotatable bonds is 10. The van der Waals surface area contributed by atoms with Crippen LogP contribution in [-0.2, 0) is 0 Å². The second-order valence-corrected chi connectivity index (χ2v) is 4.28. The molecule has 0 aromatic carbocycles. The summed E-state index contributed by atoms with van der Waals surface area (Å²) in [6.07, 6.45) is 4.66. The summed E-state index contributed by atoms with van der Waals surface area (Å²) >= 11 is 0. The summed E-state index contributed by atoms with van der Waals surface area (Å²) in [6, 6.07) is 0. The zero-order valence-electron chi connectivity index (χ0n) is 11.8. The van der Waals surface area contributed by atoms with Crippen molar-refractivity contribution in [2.75, 3.05) is 32.7 Å². The minimum absolute atomic E-state index is 0.598. The van der Waals surface area contributed by atoms with Gasteiger partial charge in [0, 0.05) is 13.1 Å². The van der Waals surface area contributed by atoms with Gasteiger partial charge in [-0.15, -0.1) is 0 Å². The number of nitrogens with two attached hydrogens (primary N) is 1. The topological polar surface area (TPSA) is 53.6 Å². The fraction of sp³-hybridized carbons (Fsp3) is 0.923. The molecular weight excluding hydrogens is 212 g/mol. The van der Waals surface area contributed by atoms with Crippen molar-refractivity contribution in [3.63, 3.8) is 0 Å². The molecule has 0 aromatic rings. The molecule has 0 heterocycles. The molecule has 0 bridgehead atoms. The Morgan fingerprint density at radius 2 is 1.82 bits per heavy atom. The molecule has 0 aliphatic heterocycles. The van der Waals surface area contributed by atoms with Crippen LogP contribution in [0.3, 0.4) is 0 Å². The highest BCUT2D eigenvalue weighted by Gasteiger charge is 1.97. The molecule has 4 heteroatoms. The van der Waals surface area contributed by atoms with Gasteiger partial charge in [-0.25, -0.2) is 0 Å². The van der Waals surface area contributed by atoms with Gasteiger partial charge in [-0.2, -0.15) is 0 Å². The summed E-state index contributed by atoms with van der Waals surface area (Å²) in [7, 11) is 0. The molecule has 0 radical (unpaired) electrons. The highest BCUT2D eigenvalue weighted by Crippen LogP contribution is 1.95. The molecule has 4 nitrogen and oxygen atoms in total. The lowest BCUT2D eigenvalue weighted by Gasteiger charge is -2.17. The largest absolute Gasteiger partial charge is 0.370 e. The van der Waals surface area contributed by atoms with Crippen molar-refractivity contribution >= 4 is 5.96 Å². The van der Waals surface area contributed by atoms with Crippen molar-refractivity contribution in [2.45, 2.75) is 46.5 Å². The van der Waals surface area contributed by atoms with Crippen LogP contribution in [0.25, 0.3) is 0 Å². The lowest BCUT2D eigenvalue weighted by molar-refractivity contribution is 0.297. The fourth-order valence-corrected chi connectivity index (χ4v) is 1.64. The van der Waals surface area contributed by atoms with Crippen LogP contribution < -0.4 is 11.1 Å². The first-order valence-electron chi connectivity index (χ1n) is 7.00. The minimum atomic E-state index is 0.598. The van der Waals surface area contributed by atoms with E-state index >= 15 is 0 Å². The van der Waals surface area contributed by atoms with Gasteiger partial charge in [0.2, 0.25) is 0 Å². The molecule has 0 amide bonds. The third kappa shape index (κ3) is 10.1. The molecule has 0 unspecified atom stereocenters. The quantitative estimate of drug-likeness (QED) is 0.349. The first kappa shape index (κ1) is 16.2. The molecule has 17 heavy (non-hydrogen) atoms. The van der Waals surface area contributed by atoms with Crippen LogP contribution in [0.15, 0.2) is 4.99 Å². The lowest BCUT2D eigenvalue weighted by Crippen LogP contribution is -2.32. The maximum atomic E-state index is 5.74. The van der Waals surface area contributed by atoms with Gasteiger partial charge in [-0.3, -0.25) is 4.99 Å². The lowest BCUT2D eigenvalue weighted by atomic mass is 10.3. The standard InChI is InChI=1S/C13H30N4/c1-4-7-10-15-13(14)16-11-8-9-12-17(5-2)6-3/h4-12H2,1-3H3,(H3,14,15,16). The van der Waals surface area contributed by atoms with E-state index in [1.807, 2.05) is 0 Å². The van der Waals surface area contributed by atoms with Crippen molar-refractivity contribution in [3.8, 4) is 0 Å². The SMILES string of the molecule is CCCCNC(N)=NCCCCN(CC)CC. The summed E-state index contributed by atoms with van der Waals surface area (Å²) in [5.41, 5.74) is 5.74. The Bertz CT molecular complexity index is 188. The van der Waals surface area contributed by atoms with E-state index < -0.39 is 0 Å². The minimum Gasteiger partial charge on any atom is -0.370 e. The van der Waals surface area contributed by atoms with Crippen molar-refractivity contribution in [1.29, 1.82) is 0 Å². The summed E-state index contributed by atoms with van der Waals surface area (Å²) < 4.78 is 0. The molecular formula is C13H30N4. The van der Waals surface area contributed by atoms with E-state index in [1.165, 1.54) is 19.4 Å². The van der Waals surface area contributed by atoms with Gasteiger partial charge in [0.1, 0.15) is 0 Å². The Kier molecular flexibility index (Phi) is 11.2. The van der Waals surface area contributed by atoms with Gasteiger partial charge in [0.05, 0.1) is 0 Å². The highest BCUT2D eigenvalue weighted by atomic mass is 15.1. The maximum absolute atomic E-state index is 5.74. The third-order valence-corrected chi connectivity index (χ3v) is 2.90. The van der Waals surface area contributed by atoms with Gasteiger partial charge >= 0.3 is 0 Å². The Hall–Kier alpha value is -0.770. The van der Waals surface area contributed by atoms with Gasteiger partial charge in [-0.1, -0.05) is 27.2 Å². The zero-order valence-corrected chi connectivity index (χ0v) is 11.8. The smallest absolute Gasteiger partial charge is 0.188 e. The second kappa shape index (κ2) is 11.7. The first-order valence-corrected chi connectivity index (χ1v) is 7.00. The van der Waals surface area contributed by atoms with Crippen molar-refractivity contribution < 1.29 is 0 Å². The van der Waals surface area contributed by atoms with Crippen LogP contribution in [0, 0.1) is 0 Å². The number of unbranched alkanes of at least 4 members (excludes halogenated alkanes) is 2. The van der Waals surface area contributed by atoms with E-state index in [4.69, 9.17) is 5.73 Å². The van der Waals surface area contributed by atoms with E-state index in [9.17, 15) is 0 Å². The summed E-state index contributed by atoms with van der Waals surface area (Å²) in [6.45, 7) is 11.8. The predicted molar refractivity (Wildman–Crippen MR) is 76.4 cm³/mol. The van der Waals surface area contributed by atoms with E-state index in [0.717, 1.165) is 39.0 Å². The number of nitrogens with zero attached hydrogens (tertiary/aromatic N) is 2. The Morgan fingerprint density at radius 3 is 2.41 bits per heavy atom. The van der Waals surface area contributed by atoms with Gasteiger partial charge in [-0.05, 0) is 38.9 Å². The molecule has 0 saturated heterocycles. The van der Waals surface area contributed by atoms with Crippen LogP contribution >= 0.6 is 0 Å². The van der Waals surface area contributed by atoms with Crippen LogP contribution in [0.2, 0.25) is 0 Å². The summed E-state index contributed by atoms with van der Waals surface area (Å²) in [4.78, 5) is 6.75. The monoisotopic (exact) mass is 242 g/mol. The predicted octanol–water partition coefficient (Wildman–Crippen LogP) is 1.81. The van der Waals surface area contributed by atoms with Crippen LogP contribution in [0.1, 0.15) is 46.5 Å². The van der Waals surface area contributed by atoms with Gasteiger partial charge in [0.25, 0.3) is 0 Å². The fourth-order valence-electron chi connectivity index (χ4n) is 1.64. The molecule has 102 valence electrons. The number of aliphatic imine (C=N–C) groups is 1. The molecule has 0 spiro atoms. The maximum Gasteiger partial charge on any atom is 0.188 e. The number of hydrogen-bond acceptors (Lipinski definition) is 2. The Labute approximate surface area is 107 Å². The molecule has 0 aliphatic carbocycles. The summed E-state index contributed by atoms with van der Waals surface area (Å²) in [5.74, 6) is 0.598. The molecule has 0 rings (SSSR count). The molecule has 0 aliphatic rings. The Morgan fingerprint density at radius 1 is 1.12 bits per heavy atom. The third-order valence-electron chi connectivity index (χ3n) is 2.90.